The largest absolute Gasteiger partial charge is 0.329 e. The van der Waals surface area contributed by atoms with Crippen LogP contribution in [0.2, 0.25) is 10.0 Å². The zero-order chi connectivity index (χ0) is 12.3. The van der Waals surface area contributed by atoms with Gasteiger partial charge in [-0.3, -0.25) is 0 Å². The van der Waals surface area contributed by atoms with Crippen LogP contribution in [0.15, 0.2) is 21.5 Å². The Hall–Kier alpha value is 0.150. The predicted octanol–water partition coefficient (Wildman–Crippen LogP) is 1.99. The number of benzene rings is 1. The molecule has 0 heterocycles. The quantitative estimate of drug-likeness (QED) is 0.818. The van der Waals surface area contributed by atoms with Crippen LogP contribution in [0.5, 0.6) is 0 Å². The first-order chi connectivity index (χ1) is 7.38. The number of halogens is 3. The molecule has 0 radical (unpaired) electrons. The van der Waals surface area contributed by atoms with Crippen molar-refractivity contribution >= 4 is 49.2 Å². The summed E-state index contributed by atoms with van der Waals surface area (Å²) in [5.41, 5.74) is 5.22. The lowest BCUT2D eigenvalue weighted by atomic mass is 10.4. The third-order valence-corrected chi connectivity index (χ3v) is 4.82. The molecule has 0 aromatic heterocycles. The van der Waals surface area contributed by atoms with Gasteiger partial charge < -0.3 is 5.73 Å². The molecule has 16 heavy (non-hydrogen) atoms. The Morgan fingerprint density at radius 2 is 1.94 bits per heavy atom. The van der Waals surface area contributed by atoms with Gasteiger partial charge in [-0.05, 0) is 28.1 Å². The average Bonchev–Trinajstić information content (AvgIpc) is 2.20. The molecule has 0 amide bonds. The Morgan fingerprint density at radius 1 is 1.31 bits per heavy atom. The lowest BCUT2D eigenvalue weighted by Gasteiger charge is -2.08. The van der Waals surface area contributed by atoms with Gasteiger partial charge in [0.25, 0.3) is 0 Å². The Labute approximate surface area is 112 Å². The van der Waals surface area contributed by atoms with E-state index in [-0.39, 0.29) is 23.0 Å². The molecule has 0 aliphatic rings. The average molecular weight is 348 g/mol. The Balaban J connectivity index is 3.18. The topological polar surface area (TPSA) is 72.2 Å². The van der Waals surface area contributed by atoms with Gasteiger partial charge in [-0.25, -0.2) is 13.1 Å². The van der Waals surface area contributed by atoms with Crippen molar-refractivity contribution in [2.24, 2.45) is 5.73 Å². The molecule has 0 spiro atoms. The van der Waals surface area contributed by atoms with E-state index in [4.69, 9.17) is 28.9 Å². The molecule has 0 unspecified atom stereocenters. The molecule has 0 atom stereocenters. The van der Waals surface area contributed by atoms with Crippen molar-refractivity contribution < 1.29 is 8.42 Å². The number of nitrogens with one attached hydrogen (secondary N) is 1. The fraction of sp³-hybridized carbons (Fsp3) is 0.250. The summed E-state index contributed by atoms with van der Waals surface area (Å²) in [4.78, 5) is -0.0288. The van der Waals surface area contributed by atoms with Crippen LogP contribution < -0.4 is 10.5 Å². The summed E-state index contributed by atoms with van der Waals surface area (Å²) in [6.45, 7) is 0.366. The number of rotatable bonds is 4. The van der Waals surface area contributed by atoms with Crippen LogP contribution in [0.1, 0.15) is 0 Å². The van der Waals surface area contributed by atoms with E-state index in [1.54, 1.807) is 0 Å². The van der Waals surface area contributed by atoms with E-state index in [2.05, 4.69) is 20.7 Å². The maximum atomic E-state index is 11.8. The second kappa shape index (κ2) is 5.66. The van der Waals surface area contributed by atoms with E-state index in [1.807, 2.05) is 0 Å². The van der Waals surface area contributed by atoms with E-state index in [9.17, 15) is 8.42 Å². The standard InChI is InChI=1S/C8H9BrCl2N2O2S/c9-5-3-8(7(11)4-6(5)10)16(14,15)13-2-1-12/h3-4,13H,1-2,12H2. The van der Waals surface area contributed by atoms with Crippen LogP contribution in [-0.4, -0.2) is 21.5 Å². The van der Waals surface area contributed by atoms with Crippen LogP contribution in [0.3, 0.4) is 0 Å². The summed E-state index contributed by atoms with van der Waals surface area (Å²) in [6, 6.07) is 2.72. The molecule has 4 nitrogen and oxygen atoms in total. The molecular weight excluding hydrogens is 339 g/mol. The zero-order valence-electron chi connectivity index (χ0n) is 8.00. The van der Waals surface area contributed by atoms with Gasteiger partial charge in [-0.15, -0.1) is 0 Å². The molecular formula is C8H9BrCl2N2O2S. The maximum absolute atomic E-state index is 11.8. The fourth-order valence-electron chi connectivity index (χ4n) is 0.981. The van der Waals surface area contributed by atoms with Gasteiger partial charge in [-0.1, -0.05) is 23.2 Å². The summed E-state index contributed by atoms with van der Waals surface area (Å²) < 4.78 is 26.3. The second-order valence-electron chi connectivity index (χ2n) is 2.88. The molecule has 8 heteroatoms. The molecule has 1 aromatic carbocycles. The van der Waals surface area contributed by atoms with Crippen LogP contribution in [0.25, 0.3) is 0 Å². The summed E-state index contributed by atoms with van der Waals surface area (Å²) >= 11 is 14.7. The third-order valence-electron chi connectivity index (χ3n) is 1.70. The van der Waals surface area contributed by atoms with Gasteiger partial charge in [0, 0.05) is 17.6 Å². The molecule has 0 aliphatic heterocycles. The normalized spacial score (nSPS) is 11.8. The molecule has 1 aromatic rings. The maximum Gasteiger partial charge on any atom is 0.242 e. The van der Waals surface area contributed by atoms with Gasteiger partial charge >= 0.3 is 0 Å². The minimum Gasteiger partial charge on any atom is -0.329 e. The predicted molar refractivity (Wildman–Crippen MR) is 68.4 cm³/mol. The van der Waals surface area contributed by atoms with Crippen LogP contribution in [0, 0.1) is 0 Å². The number of nitrogens with two attached hydrogens (primary N) is 1. The first-order valence-electron chi connectivity index (χ1n) is 4.23. The smallest absolute Gasteiger partial charge is 0.242 e. The van der Waals surface area contributed by atoms with E-state index < -0.39 is 10.0 Å². The van der Waals surface area contributed by atoms with Gasteiger partial charge in [-0.2, -0.15) is 0 Å². The molecule has 0 aliphatic carbocycles. The molecule has 3 N–H and O–H groups in total. The van der Waals surface area contributed by atoms with E-state index in [0.717, 1.165) is 0 Å². The van der Waals surface area contributed by atoms with Crippen LogP contribution in [-0.2, 0) is 10.0 Å². The highest BCUT2D eigenvalue weighted by molar-refractivity contribution is 9.10. The SMILES string of the molecule is NCCNS(=O)(=O)c1cc(Br)c(Cl)cc1Cl. The molecule has 0 saturated carbocycles. The van der Waals surface area contributed by atoms with Crippen LogP contribution in [0.4, 0.5) is 0 Å². The van der Waals surface area contributed by atoms with Crippen molar-refractivity contribution in [3.63, 3.8) is 0 Å². The van der Waals surface area contributed by atoms with Crippen molar-refractivity contribution in [1.29, 1.82) is 0 Å². The van der Waals surface area contributed by atoms with Crippen molar-refractivity contribution in [2.45, 2.75) is 4.90 Å². The first-order valence-corrected chi connectivity index (χ1v) is 7.26. The Morgan fingerprint density at radius 3 is 2.50 bits per heavy atom. The third kappa shape index (κ3) is 3.32. The highest BCUT2D eigenvalue weighted by Crippen LogP contribution is 2.31. The number of hydrogen-bond acceptors (Lipinski definition) is 3. The van der Waals surface area contributed by atoms with Gasteiger partial charge in [0.05, 0.1) is 10.0 Å². The molecule has 1 rings (SSSR count). The van der Waals surface area contributed by atoms with E-state index in [1.165, 1.54) is 12.1 Å². The highest BCUT2D eigenvalue weighted by Gasteiger charge is 2.18. The minimum atomic E-state index is -3.64. The lowest BCUT2D eigenvalue weighted by Crippen LogP contribution is -2.29. The highest BCUT2D eigenvalue weighted by atomic mass is 79.9. The number of hydrogen-bond donors (Lipinski definition) is 2. The molecule has 0 bridgehead atoms. The minimum absolute atomic E-state index is 0.0288. The molecule has 90 valence electrons. The van der Waals surface area contributed by atoms with E-state index in [0.29, 0.717) is 9.50 Å². The molecule has 0 saturated heterocycles. The second-order valence-corrected chi connectivity index (χ2v) is 6.29. The van der Waals surface area contributed by atoms with Crippen LogP contribution >= 0.6 is 39.1 Å². The molecule has 0 fully saturated rings. The lowest BCUT2D eigenvalue weighted by molar-refractivity contribution is 0.582. The first kappa shape index (κ1) is 14.2. The number of sulfonamides is 1. The van der Waals surface area contributed by atoms with Crippen molar-refractivity contribution in [2.75, 3.05) is 13.1 Å². The Bertz CT molecular complexity index is 493. The van der Waals surface area contributed by atoms with Crippen molar-refractivity contribution in [3.05, 3.63) is 26.7 Å². The Kier molecular flexibility index (Phi) is 5.03. The van der Waals surface area contributed by atoms with Crippen molar-refractivity contribution in [1.82, 2.24) is 4.72 Å². The fourth-order valence-corrected chi connectivity index (χ4v) is 3.29. The van der Waals surface area contributed by atoms with E-state index >= 15 is 0 Å². The van der Waals surface area contributed by atoms with Gasteiger partial charge in [0.2, 0.25) is 10.0 Å². The van der Waals surface area contributed by atoms with Gasteiger partial charge in [0.1, 0.15) is 4.90 Å². The summed E-state index contributed by atoms with van der Waals surface area (Å²) in [7, 11) is -3.64. The van der Waals surface area contributed by atoms with Gasteiger partial charge in [0.15, 0.2) is 0 Å². The summed E-state index contributed by atoms with van der Waals surface area (Å²) in [5.74, 6) is 0. The zero-order valence-corrected chi connectivity index (χ0v) is 11.9. The summed E-state index contributed by atoms with van der Waals surface area (Å²) in [5, 5.41) is 0.417. The summed E-state index contributed by atoms with van der Waals surface area (Å²) in [6.07, 6.45) is 0. The van der Waals surface area contributed by atoms with Crippen molar-refractivity contribution in [3.8, 4) is 0 Å². The monoisotopic (exact) mass is 346 g/mol.